The molecule has 44 heavy (non-hydrogen) atoms. The second kappa shape index (κ2) is 15.2. The molecule has 4 aromatic rings. The third-order valence-corrected chi connectivity index (χ3v) is 8.57. The number of allylic oxidation sites excluding steroid dienone is 1. The van der Waals surface area contributed by atoms with Crippen molar-refractivity contribution in [1.82, 2.24) is 0 Å². The summed E-state index contributed by atoms with van der Waals surface area (Å²) in [6.07, 6.45) is 8.14. The molecule has 0 amide bonds. The van der Waals surface area contributed by atoms with Crippen molar-refractivity contribution in [2.75, 3.05) is 5.32 Å². The maximum Gasteiger partial charge on any atom is 0.335 e. The summed E-state index contributed by atoms with van der Waals surface area (Å²) in [5.74, 6) is -0.890. The fourth-order valence-electron chi connectivity index (χ4n) is 6.38. The monoisotopic (exact) mass is 584 g/mol. The van der Waals surface area contributed by atoms with Gasteiger partial charge in [0.25, 0.3) is 0 Å². The second-order valence-corrected chi connectivity index (χ2v) is 12.1. The molecular weight excluding hydrogens is 540 g/mol. The largest absolute Gasteiger partial charge is 0.478 e. The van der Waals surface area contributed by atoms with E-state index in [4.69, 9.17) is 0 Å². The minimum atomic E-state index is -0.890. The zero-order chi connectivity index (χ0) is 31.5. The lowest BCUT2D eigenvalue weighted by Crippen LogP contribution is -2.27. The Labute approximate surface area is 263 Å². The zero-order valence-corrected chi connectivity index (χ0v) is 26.3. The van der Waals surface area contributed by atoms with Crippen LogP contribution < -0.4 is 5.32 Å². The summed E-state index contributed by atoms with van der Waals surface area (Å²) >= 11 is 0. The van der Waals surface area contributed by atoms with Crippen LogP contribution in [0.4, 0.5) is 5.69 Å². The van der Waals surface area contributed by atoms with Crippen LogP contribution in [-0.2, 0) is 11.8 Å². The summed E-state index contributed by atoms with van der Waals surface area (Å²) in [6, 6.07) is 32.8. The number of hydrogen-bond donors (Lipinski definition) is 2. The lowest BCUT2D eigenvalue weighted by molar-refractivity contribution is 0.0697. The van der Waals surface area contributed by atoms with Gasteiger partial charge in [-0.1, -0.05) is 80.9 Å². The standard InChI is InChI=1S/C40H44N2O2/c1-5-21-40(22-7-6-9-32-12-14-35(15-13-32)39(43)44,23-20-31(4)42-38-25-29(2)24-30(3)26-38)37-18-16-34(17-19-37)36-11-8-10-33(27-36)28-41/h8,10-19,24-27,42H,4-7,9,20-23H2,1-3H3,(H,43,44). The predicted octanol–water partition coefficient (Wildman–Crippen LogP) is 10.4. The van der Waals surface area contributed by atoms with Crippen LogP contribution in [0.25, 0.3) is 11.1 Å². The molecule has 0 spiro atoms. The molecule has 0 fully saturated rings. The molecule has 1 unspecified atom stereocenters. The van der Waals surface area contributed by atoms with Crippen molar-refractivity contribution in [3.63, 3.8) is 0 Å². The third-order valence-electron chi connectivity index (χ3n) is 8.57. The van der Waals surface area contributed by atoms with E-state index in [1.54, 1.807) is 12.1 Å². The van der Waals surface area contributed by atoms with E-state index in [1.807, 2.05) is 30.3 Å². The molecule has 2 N–H and O–H groups in total. The van der Waals surface area contributed by atoms with Gasteiger partial charge in [0, 0.05) is 11.4 Å². The minimum Gasteiger partial charge on any atom is -0.478 e. The van der Waals surface area contributed by atoms with Crippen molar-refractivity contribution in [3.05, 3.63) is 137 Å². The van der Waals surface area contributed by atoms with Crippen LogP contribution >= 0.6 is 0 Å². The maximum absolute atomic E-state index is 11.2. The Hall–Kier alpha value is -4.62. The van der Waals surface area contributed by atoms with Crippen LogP contribution in [0.15, 0.2) is 103 Å². The fraction of sp³-hybridized carbons (Fsp3) is 0.300. The fourth-order valence-corrected chi connectivity index (χ4v) is 6.38. The van der Waals surface area contributed by atoms with Gasteiger partial charge in [0.2, 0.25) is 0 Å². The van der Waals surface area contributed by atoms with Crippen molar-refractivity contribution in [1.29, 1.82) is 5.26 Å². The number of unbranched alkanes of at least 4 members (excludes halogenated alkanes) is 1. The van der Waals surface area contributed by atoms with Crippen LogP contribution in [0.1, 0.15) is 90.0 Å². The number of nitrogens with zero attached hydrogens (tertiary/aromatic N) is 1. The number of nitriles is 1. The molecule has 1 atom stereocenters. The van der Waals surface area contributed by atoms with E-state index in [2.05, 4.69) is 87.3 Å². The SMILES string of the molecule is C=C(CCC(CCC)(CCCCc1ccc(C(=O)O)cc1)c1ccc(-c2cccc(C#N)c2)cc1)Nc1cc(C)cc(C)c1. The minimum absolute atomic E-state index is 0.00207. The van der Waals surface area contributed by atoms with E-state index in [0.717, 1.165) is 73.9 Å². The first-order valence-electron chi connectivity index (χ1n) is 15.7. The Kier molecular flexibility index (Phi) is 11.2. The third kappa shape index (κ3) is 8.71. The molecule has 0 aliphatic rings. The first-order chi connectivity index (χ1) is 21.2. The van der Waals surface area contributed by atoms with Crippen LogP contribution in [0.2, 0.25) is 0 Å². The Morgan fingerprint density at radius 2 is 1.57 bits per heavy atom. The lowest BCUT2D eigenvalue weighted by atomic mass is 9.69. The Morgan fingerprint density at radius 3 is 2.20 bits per heavy atom. The summed E-state index contributed by atoms with van der Waals surface area (Å²) in [5, 5.41) is 22.2. The van der Waals surface area contributed by atoms with Gasteiger partial charge in [-0.2, -0.15) is 5.26 Å². The molecule has 4 nitrogen and oxygen atoms in total. The van der Waals surface area contributed by atoms with E-state index in [9.17, 15) is 15.2 Å². The highest BCUT2D eigenvalue weighted by molar-refractivity contribution is 5.87. The van der Waals surface area contributed by atoms with Crippen LogP contribution in [-0.4, -0.2) is 11.1 Å². The molecule has 0 saturated carbocycles. The van der Waals surface area contributed by atoms with Gasteiger partial charge >= 0.3 is 5.97 Å². The molecule has 4 rings (SSSR count). The number of carboxylic acids is 1. The van der Waals surface area contributed by atoms with Gasteiger partial charge in [-0.15, -0.1) is 0 Å². The summed E-state index contributed by atoms with van der Waals surface area (Å²) in [7, 11) is 0. The average molecular weight is 585 g/mol. The summed E-state index contributed by atoms with van der Waals surface area (Å²) in [5.41, 5.74) is 10.3. The van der Waals surface area contributed by atoms with Crippen LogP contribution in [0, 0.1) is 25.2 Å². The molecule has 0 aromatic heterocycles. The van der Waals surface area contributed by atoms with Crippen molar-refractivity contribution < 1.29 is 9.90 Å². The van der Waals surface area contributed by atoms with Gasteiger partial charge in [0.15, 0.2) is 0 Å². The van der Waals surface area contributed by atoms with Gasteiger partial charge in [-0.05, 0) is 128 Å². The molecule has 0 aliphatic carbocycles. The number of carboxylic acid groups (broad SMARTS) is 1. The summed E-state index contributed by atoms with van der Waals surface area (Å²) in [6.45, 7) is 10.9. The van der Waals surface area contributed by atoms with Gasteiger partial charge in [0.1, 0.15) is 0 Å². The summed E-state index contributed by atoms with van der Waals surface area (Å²) < 4.78 is 0. The number of anilines is 1. The molecular formula is C40H44N2O2. The van der Waals surface area contributed by atoms with Gasteiger partial charge in [0.05, 0.1) is 17.2 Å². The highest BCUT2D eigenvalue weighted by Gasteiger charge is 2.31. The van der Waals surface area contributed by atoms with Crippen molar-refractivity contribution in [2.24, 2.45) is 0 Å². The molecule has 226 valence electrons. The highest BCUT2D eigenvalue weighted by Crippen LogP contribution is 2.41. The first-order valence-corrected chi connectivity index (χ1v) is 15.7. The zero-order valence-electron chi connectivity index (χ0n) is 26.3. The van der Waals surface area contributed by atoms with Gasteiger partial charge < -0.3 is 10.4 Å². The molecule has 0 bridgehead atoms. The smallest absolute Gasteiger partial charge is 0.335 e. The van der Waals surface area contributed by atoms with Crippen molar-refractivity contribution in [3.8, 4) is 17.2 Å². The van der Waals surface area contributed by atoms with E-state index < -0.39 is 5.97 Å². The second-order valence-electron chi connectivity index (χ2n) is 12.1. The number of aromatic carboxylic acids is 1. The number of hydrogen-bond acceptors (Lipinski definition) is 3. The Bertz CT molecular complexity index is 1590. The van der Waals surface area contributed by atoms with E-state index in [0.29, 0.717) is 11.1 Å². The number of nitrogens with one attached hydrogen (secondary N) is 1. The maximum atomic E-state index is 11.2. The average Bonchev–Trinajstić information content (AvgIpc) is 3.01. The van der Waals surface area contributed by atoms with Gasteiger partial charge in [-0.25, -0.2) is 4.79 Å². The van der Waals surface area contributed by atoms with Crippen molar-refractivity contribution >= 4 is 11.7 Å². The molecule has 0 heterocycles. The molecule has 0 aliphatic heterocycles. The number of aryl methyl sites for hydroxylation is 3. The molecule has 4 heteroatoms. The van der Waals surface area contributed by atoms with Gasteiger partial charge in [-0.3, -0.25) is 0 Å². The Balaban J connectivity index is 1.53. The van der Waals surface area contributed by atoms with Crippen LogP contribution in [0.3, 0.4) is 0 Å². The van der Waals surface area contributed by atoms with Crippen LogP contribution in [0.5, 0.6) is 0 Å². The number of rotatable bonds is 15. The Morgan fingerprint density at radius 1 is 0.864 bits per heavy atom. The summed E-state index contributed by atoms with van der Waals surface area (Å²) in [4.78, 5) is 11.2. The van der Waals surface area contributed by atoms with E-state index in [-0.39, 0.29) is 5.41 Å². The molecule has 4 aromatic carbocycles. The predicted molar refractivity (Wildman–Crippen MR) is 182 cm³/mol. The molecule has 0 radical (unpaired) electrons. The first kappa shape index (κ1) is 32.3. The number of carbonyl (C=O) groups is 1. The topological polar surface area (TPSA) is 73.1 Å². The lowest BCUT2D eigenvalue weighted by Gasteiger charge is -2.35. The van der Waals surface area contributed by atoms with E-state index >= 15 is 0 Å². The molecule has 0 saturated heterocycles. The highest BCUT2D eigenvalue weighted by atomic mass is 16.4. The normalized spacial score (nSPS) is 12.2. The number of benzene rings is 4. The van der Waals surface area contributed by atoms with Crippen molar-refractivity contribution in [2.45, 2.75) is 77.6 Å². The quantitative estimate of drug-likeness (QED) is 0.136. The van der Waals surface area contributed by atoms with E-state index in [1.165, 1.54) is 22.3 Å².